The molecule has 10 heteroatoms. The van der Waals surface area contributed by atoms with Crippen LogP contribution in [-0.2, 0) is 27.3 Å². The maximum absolute atomic E-state index is 12.7. The summed E-state index contributed by atoms with van der Waals surface area (Å²) in [7, 11) is 1.72. The number of carbonyl (C=O) groups excluding carboxylic acids is 2. The second kappa shape index (κ2) is 12.1. The van der Waals surface area contributed by atoms with E-state index >= 15 is 0 Å². The van der Waals surface area contributed by atoms with E-state index in [1.165, 1.54) is 23.5 Å². The largest absolute Gasteiger partial charge is 0.375 e. The summed E-state index contributed by atoms with van der Waals surface area (Å²) in [6.45, 7) is 9.77. The Hall–Kier alpha value is -3.27. The van der Waals surface area contributed by atoms with E-state index in [2.05, 4.69) is 29.2 Å². The first-order valence-electron chi connectivity index (χ1n) is 12.8. The average molecular weight is 539 g/mol. The topological polar surface area (TPSA) is 92.1 Å². The van der Waals surface area contributed by atoms with Crippen molar-refractivity contribution in [3.05, 3.63) is 64.7 Å². The molecule has 0 saturated carbocycles. The summed E-state index contributed by atoms with van der Waals surface area (Å²) in [6.07, 6.45) is 7.84. The van der Waals surface area contributed by atoms with Crippen LogP contribution >= 0.6 is 11.6 Å². The van der Waals surface area contributed by atoms with Gasteiger partial charge in [-0.3, -0.25) is 9.59 Å². The number of benzene rings is 1. The van der Waals surface area contributed by atoms with Gasteiger partial charge in [-0.25, -0.2) is 9.50 Å². The lowest BCUT2D eigenvalue weighted by molar-refractivity contribution is -0.125. The van der Waals surface area contributed by atoms with E-state index in [1.54, 1.807) is 16.5 Å². The normalized spacial score (nSPS) is 17.9. The molecule has 9 nitrogen and oxygen atoms in total. The van der Waals surface area contributed by atoms with Gasteiger partial charge in [0.15, 0.2) is 0 Å². The first-order chi connectivity index (χ1) is 18.2. The van der Waals surface area contributed by atoms with Gasteiger partial charge in [0, 0.05) is 67.7 Å². The van der Waals surface area contributed by atoms with Crippen LogP contribution in [-0.4, -0.2) is 75.1 Å². The summed E-state index contributed by atoms with van der Waals surface area (Å²) >= 11 is 6.51. The van der Waals surface area contributed by atoms with Crippen LogP contribution < -0.4 is 5.32 Å². The molecule has 1 aliphatic heterocycles. The van der Waals surface area contributed by atoms with Crippen LogP contribution in [0, 0.1) is 6.92 Å². The molecule has 202 valence electrons. The van der Waals surface area contributed by atoms with Crippen molar-refractivity contribution in [2.75, 3.05) is 20.2 Å². The SMILES string of the molecule is Cc1cc(Cl)cc(-c2ncnn3cc(CN(C)C(=O)/C=C\N(C=O)C(C)C)cc23)c1CC1CNC(C)CO1. The van der Waals surface area contributed by atoms with Gasteiger partial charge in [0.05, 0.1) is 23.9 Å². The van der Waals surface area contributed by atoms with Crippen molar-refractivity contribution in [2.24, 2.45) is 0 Å². The predicted molar refractivity (Wildman–Crippen MR) is 148 cm³/mol. The van der Waals surface area contributed by atoms with Crippen molar-refractivity contribution in [1.29, 1.82) is 0 Å². The molecule has 1 aromatic carbocycles. The first-order valence-corrected chi connectivity index (χ1v) is 13.2. The molecule has 3 heterocycles. The number of halogens is 1. The number of carbonyl (C=O) groups is 2. The van der Waals surface area contributed by atoms with Gasteiger partial charge in [0.2, 0.25) is 12.3 Å². The molecule has 1 fully saturated rings. The third kappa shape index (κ3) is 6.40. The maximum atomic E-state index is 12.7. The highest BCUT2D eigenvalue weighted by molar-refractivity contribution is 6.31. The lowest BCUT2D eigenvalue weighted by Crippen LogP contribution is -2.45. The average Bonchev–Trinajstić information content (AvgIpc) is 3.29. The third-order valence-corrected chi connectivity index (χ3v) is 6.98. The van der Waals surface area contributed by atoms with Crippen molar-refractivity contribution in [3.8, 4) is 11.3 Å². The molecule has 4 rings (SSSR count). The molecule has 38 heavy (non-hydrogen) atoms. The van der Waals surface area contributed by atoms with Gasteiger partial charge < -0.3 is 19.9 Å². The van der Waals surface area contributed by atoms with E-state index in [0.29, 0.717) is 30.6 Å². The minimum Gasteiger partial charge on any atom is -0.375 e. The van der Waals surface area contributed by atoms with E-state index in [1.807, 2.05) is 38.2 Å². The fourth-order valence-corrected chi connectivity index (χ4v) is 4.85. The predicted octanol–water partition coefficient (Wildman–Crippen LogP) is 3.62. The molecule has 2 amide bonds. The number of ether oxygens (including phenoxy) is 1. The Bertz CT molecular complexity index is 1330. The molecule has 0 bridgehead atoms. The molecule has 2 atom stereocenters. The van der Waals surface area contributed by atoms with Crippen molar-refractivity contribution in [3.63, 3.8) is 0 Å². The summed E-state index contributed by atoms with van der Waals surface area (Å²) in [5, 5.41) is 8.53. The van der Waals surface area contributed by atoms with Crippen LogP contribution in [0.2, 0.25) is 5.02 Å². The fourth-order valence-electron chi connectivity index (χ4n) is 4.58. The number of fused-ring (bicyclic) bond motifs is 1. The number of morpholine rings is 1. The monoisotopic (exact) mass is 538 g/mol. The molecule has 1 N–H and O–H groups in total. The lowest BCUT2D eigenvalue weighted by atomic mass is 9.93. The van der Waals surface area contributed by atoms with Crippen molar-refractivity contribution >= 4 is 29.4 Å². The summed E-state index contributed by atoms with van der Waals surface area (Å²) in [5.41, 5.74) is 5.68. The number of aryl methyl sites for hydroxylation is 1. The van der Waals surface area contributed by atoms with E-state index in [9.17, 15) is 9.59 Å². The Balaban J connectivity index is 1.61. The Morgan fingerprint density at radius 3 is 2.82 bits per heavy atom. The van der Waals surface area contributed by atoms with Crippen LogP contribution in [0.5, 0.6) is 0 Å². The highest BCUT2D eigenvalue weighted by atomic mass is 35.5. The smallest absolute Gasteiger partial charge is 0.248 e. The quantitative estimate of drug-likeness (QED) is 0.330. The van der Waals surface area contributed by atoms with E-state index in [4.69, 9.17) is 16.3 Å². The second-order valence-electron chi connectivity index (χ2n) is 10.2. The number of hydrogen-bond donors (Lipinski definition) is 1. The number of aromatic nitrogens is 3. The van der Waals surface area contributed by atoms with E-state index in [0.717, 1.165) is 46.4 Å². The Labute approximate surface area is 228 Å². The van der Waals surface area contributed by atoms with Crippen LogP contribution in [0.25, 0.3) is 16.8 Å². The third-order valence-electron chi connectivity index (χ3n) is 6.77. The number of nitrogens with one attached hydrogen (secondary N) is 1. The molecular formula is C28H35ClN6O3. The van der Waals surface area contributed by atoms with Gasteiger partial charge in [-0.15, -0.1) is 0 Å². The second-order valence-corrected chi connectivity index (χ2v) is 10.6. The summed E-state index contributed by atoms with van der Waals surface area (Å²) < 4.78 is 7.86. The molecule has 3 aromatic rings. The van der Waals surface area contributed by atoms with Gasteiger partial charge in [0.25, 0.3) is 0 Å². The highest BCUT2D eigenvalue weighted by Crippen LogP contribution is 2.33. The first kappa shape index (κ1) is 27.8. The molecule has 0 aliphatic carbocycles. The van der Waals surface area contributed by atoms with Crippen molar-refractivity contribution in [2.45, 2.75) is 58.8 Å². The molecule has 1 saturated heterocycles. The van der Waals surface area contributed by atoms with Crippen LogP contribution in [0.1, 0.15) is 37.5 Å². The molecule has 1 aliphatic rings. The Morgan fingerprint density at radius 2 is 2.13 bits per heavy atom. The minimum absolute atomic E-state index is 0.0276. The zero-order chi connectivity index (χ0) is 27.4. The van der Waals surface area contributed by atoms with Crippen LogP contribution in [0.15, 0.2) is 43.0 Å². The number of likely N-dealkylation sites (N-methyl/N-ethyl adjacent to an activating group) is 1. The molecule has 0 spiro atoms. The minimum atomic E-state index is -0.206. The number of nitrogens with zero attached hydrogens (tertiary/aromatic N) is 5. The van der Waals surface area contributed by atoms with Crippen LogP contribution in [0.3, 0.4) is 0 Å². The molecular weight excluding hydrogens is 504 g/mol. The van der Waals surface area contributed by atoms with E-state index in [-0.39, 0.29) is 18.1 Å². The van der Waals surface area contributed by atoms with Gasteiger partial charge in [0.1, 0.15) is 6.33 Å². The number of rotatable bonds is 9. The standard InChI is InChI=1S/C28H35ClN6O3/c1-18(2)34(17-36)7-6-27(37)33(5)13-21-9-26-28(31-16-32-35(26)14-21)25-10-22(29)8-19(3)24(25)11-23-12-30-20(4)15-38-23/h6-10,14,16-18,20,23,30H,11-13,15H2,1-5H3/b7-6-. The Morgan fingerprint density at radius 1 is 1.34 bits per heavy atom. The van der Waals surface area contributed by atoms with Gasteiger partial charge in [-0.2, -0.15) is 5.10 Å². The van der Waals surface area contributed by atoms with Crippen molar-refractivity contribution in [1.82, 2.24) is 29.7 Å². The van der Waals surface area contributed by atoms with Gasteiger partial charge >= 0.3 is 0 Å². The number of hydrogen-bond acceptors (Lipinski definition) is 6. The Kier molecular flexibility index (Phi) is 8.81. The number of amides is 2. The van der Waals surface area contributed by atoms with Crippen molar-refractivity contribution < 1.29 is 14.3 Å². The zero-order valence-electron chi connectivity index (χ0n) is 22.5. The molecule has 0 radical (unpaired) electrons. The summed E-state index contributed by atoms with van der Waals surface area (Å²) in [5.74, 6) is -0.206. The van der Waals surface area contributed by atoms with Crippen LogP contribution in [0.4, 0.5) is 0 Å². The summed E-state index contributed by atoms with van der Waals surface area (Å²) in [4.78, 5) is 31.5. The zero-order valence-corrected chi connectivity index (χ0v) is 23.3. The molecule has 2 unspecified atom stereocenters. The fraction of sp³-hybridized carbons (Fsp3) is 0.429. The van der Waals surface area contributed by atoms with Gasteiger partial charge in [-0.1, -0.05) is 11.6 Å². The molecule has 2 aromatic heterocycles. The summed E-state index contributed by atoms with van der Waals surface area (Å²) in [6, 6.07) is 6.23. The lowest BCUT2D eigenvalue weighted by Gasteiger charge is -2.29. The maximum Gasteiger partial charge on any atom is 0.248 e. The van der Waals surface area contributed by atoms with E-state index < -0.39 is 0 Å². The highest BCUT2D eigenvalue weighted by Gasteiger charge is 2.23. The van der Waals surface area contributed by atoms with Gasteiger partial charge in [-0.05, 0) is 62.6 Å².